The lowest BCUT2D eigenvalue weighted by molar-refractivity contribution is -0.137. The molecule has 0 saturated heterocycles. The predicted octanol–water partition coefficient (Wildman–Crippen LogP) is 4.16. The van der Waals surface area contributed by atoms with Gasteiger partial charge in [-0.3, -0.25) is 5.10 Å². The van der Waals surface area contributed by atoms with E-state index in [0.717, 1.165) is 18.7 Å². The van der Waals surface area contributed by atoms with E-state index in [1.54, 1.807) is 6.07 Å². The first-order chi connectivity index (χ1) is 9.36. The van der Waals surface area contributed by atoms with E-state index in [1.807, 2.05) is 0 Å². The van der Waals surface area contributed by atoms with Gasteiger partial charge < -0.3 is 5.32 Å². The second-order valence-corrected chi connectivity index (χ2v) is 5.02. The van der Waals surface area contributed by atoms with Crippen molar-refractivity contribution in [3.05, 3.63) is 35.9 Å². The Morgan fingerprint density at radius 1 is 1.20 bits per heavy atom. The van der Waals surface area contributed by atoms with Crippen molar-refractivity contribution >= 4 is 5.82 Å². The fourth-order valence-electron chi connectivity index (χ4n) is 1.71. The van der Waals surface area contributed by atoms with Gasteiger partial charge in [-0.1, -0.05) is 26.0 Å². The molecule has 0 aliphatic rings. The number of hydrogen-bond donors (Lipinski definition) is 2. The molecule has 0 bridgehead atoms. The van der Waals surface area contributed by atoms with Crippen molar-refractivity contribution < 1.29 is 13.2 Å². The maximum atomic E-state index is 12.5. The number of halogens is 3. The van der Waals surface area contributed by atoms with Crippen LogP contribution in [0.5, 0.6) is 0 Å². The van der Waals surface area contributed by atoms with Gasteiger partial charge in [0.25, 0.3) is 0 Å². The SMILES string of the molecule is CC(C)CNc1cc(-c2ccc(C(F)(F)F)cc2)[nH]n1. The van der Waals surface area contributed by atoms with Crippen LogP contribution < -0.4 is 5.32 Å². The molecule has 0 atom stereocenters. The van der Waals surface area contributed by atoms with E-state index in [1.165, 1.54) is 12.1 Å². The van der Waals surface area contributed by atoms with E-state index in [0.29, 0.717) is 23.0 Å². The lowest BCUT2D eigenvalue weighted by Crippen LogP contribution is -2.07. The van der Waals surface area contributed by atoms with Gasteiger partial charge in [0, 0.05) is 12.6 Å². The fourth-order valence-corrected chi connectivity index (χ4v) is 1.71. The van der Waals surface area contributed by atoms with Crippen LogP contribution in [0.1, 0.15) is 19.4 Å². The summed E-state index contributed by atoms with van der Waals surface area (Å²) >= 11 is 0. The molecular weight excluding hydrogens is 267 g/mol. The second kappa shape index (κ2) is 5.56. The molecule has 108 valence electrons. The highest BCUT2D eigenvalue weighted by Gasteiger charge is 2.29. The Labute approximate surface area is 115 Å². The lowest BCUT2D eigenvalue weighted by atomic mass is 10.1. The Bertz CT molecular complexity index is 556. The lowest BCUT2D eigenvalue weighted by Gasteiger charge is -2.06. The predicted molar refractivity (Wildman–Crippen MR) is 72.4 cm³/mol. The van der Waals surface area contributed by atoms with Gasteiger partial charge in [0.15, 0.2) is 0 Å². The molecule has 1 aromatic carbocycles. The van der Waals surface area contributed by atoms with Crippen LogP contribution in [0.25, 0.3) is 11.3 Å². The monoisotopic (exact) mass is 283 g/mol. The van der Waals surface area contributed by atoms with E-state index >= 15 is 0 Å². The van der Waals surface area contributed by atoms with Gasteiger partial charge in [-0.2, -0.15) is 18.3 Å². The number of hydrogen-bond acceptors (Lipinski definition) is 2. The van der Waals surface area contributed by atoms with Crippen LogP contribution in [0.3, 0.4) is 0 Å². The highest BCUT2D eigenvalue weighted by atomic mass is 19.4. The molecule has 2 rings (SSSR count). The zero-order valence-corrected chi connectivity index (χ0v) is 11.3. The van der Waals surface area contributed by atoms with Crippen LogP contribution >= 0.6 is 0 Å². The van der Waals surface area contributed by atoms with E-state index in [2.05, 4.69) is 29.4 Å². The van der Waals surface area contributed by atoms with Crippen LogP contribution in [0.15, 0.2) is 30.3 Å². The highest BCUT2D eigenvalue weighted by molar-refractivity contribution is 5.63. The first kappa shape index (κ1) is 14.4. The zero-order valence-electron chi connectivity index (χ0n) is 11.3. The molecule has 0 saturated carbocycles. The van der Waals surface area contributed by atoms with Crippen molar-refractivity contribution in [2.75, 3.05) is 11.9 Å². The molecule has 1 aromatic heterocycles. The van der Waals surface area contributed by atoms with Gasteiger partial charge in [0.05, 0.1) is 11.3 Å². The molecule has 0 fully saturated rings. The number of benzene rings is 1. The summed E-state index contributed by atoms with van der Waals surface area (Å²) in [6.07, 6.45) is -4.31. The number of anilines is 1. The number of alkyl halides is 3. The summed E-state index contributed by atoms with van der Waals surface area (Å²) in [5.74, 6) is 1.18. The van der Waals surface area contributed by atoms with E-state index < -0.39 is 11.7 Å². The van der Waals surface area contributed by atoms with Gasteiger partial charge in [0.1, 0.15) is 5.82 Å². The number of H-pyrrole nitrogens is 1. The first-order valence-corrected chi connectivity index (χ1v) is 6.33. The van der Waals surface area contributed by atoms with Gasteiger partial charge in [-0.25, -0.2) is 0 Å². The van der Waals surface area contributed by atoms with Crippen molar-refractivity contribution in [3.8, 4) is 11.3 Å². The smallest absolute Gasteiger partial charge is 0.368 e. The number of aromatic amines is 1. The standard InChI is InChI=1S/C14H16F3N3/c1-9(2)8-18-13-7-12(19-20-13)10-3-5-11(6-4-10)14(15,16)17/h3-7,9H,8H2,1-2H3,(H2,18,19,20). The average Bonchev–Trinajstić information content (AvgIpc) is 2.84. The molecule has 0 amide bonds. The van der Waals surface area contributed by atoms with Gasteiger partial charge in [-0.15, -0.1) is 0 Å². The summed E-state index contributed by atoms with van der Waals surface area (Å²) in [5.41, 5.74) is 0.701. The minimum absolute atomic E-state index is 0.487. The van der Waals surface area contributed by atoms with Gasteiger partial charge in [0.2, 0.25) is 0 Å². The fraction of sp³-hybridized carbons (Fsp3) is 0.357. The number of rotatable bonds is 4. The molecule has 2 N–H and O–H groups in total. The maximum Gasteiger partial charge on any atom is 0.416 e. The van der Waals surface area contributed by atoms with Gasteiger partial charge >= 0.3 is 6.18 Å². The molecule has 1 heterocycles. The van der Waals surface area contributed by atoms with Crippen LogP contribution in [-0.4, -0.2) is 16.7 Å². The number of nitrogens with one attached hydrogen (secondary N) is 2. The zero-order chi connectivity index (χ0) is 14.8. The first-order valence-electron chi connectivity index (χ1n) is 6.33. The minimum atomic E-state index is -4.31. The Morgan fingerprint density at radius 3 is 2.40 bits per heavy atom. The summed E-state index contributed by atoms with van der Waals surface area (Å²) in [6, 6.07) is 6.78. The Hall–Kier alpha value is -1.98. The molecule has 2 aromatic rings. The number of nitrogens with zero attached hydrogens (tertiary/aromatic N) is 1. The van der Waals surface area contributed by atoms with Crippen LogP contribution in [0, 0.1) is 5.92 Å². The van der Waals surface area contributed by atoms with Crippen molar-refractivity contribution in [2.45, 2.75) is 20.0 Å². The minimum Gasteiger partial charge on any atom is -0.368 e. The maximum absolute atomic E-state index is 12.5. The summed E-state index contributed by atoms with van der Waals surface area (Å²) in [7, 11) is 0. The van der Waals surface area contributed by atoms with E-state index in [-0.39, 0.29) is 0 Å². The van der Waals surface area contributed by atoms with Crippen LogP contribution in [0.2, 0.25) is 0 Å². The molecule has 6 heteroatoms. The third-order valence-corrected chi connectivity index (χ3v) is 2.79. The average molecular weight is 283 g/mol. The van der Waals surface area contributed by atoms with Crippen molar-refractivity contribution in [1.82, 2.24) is 10.2 Å². The van der Waals surface area contributed by atoms with Crippen molar-refractivity contribution in [3.63, 3.8) is 0 Å². The molecule has 0 radical (unpaired) electrons. The van der Waals surface area contributed by atoms with Crippen LogP contribution in [-0.2, 0) is 6.18 Å². The molecule has 0 aliphatic carbocycles. The molecular formula is C14H16F3N3. The Kier molecular flexibility index (Phi) is 4.01. The van der Waals surface area contributed by atoms with Crippen LogP contribution in [0.4, 0.5) is 19.0 Å². The Balaban J connectivity index is 2.12. The van der Waals surface area contributed by atoms with E-state index in [9.17, 15) is 13.2 Å². The molecule has 0 spiro atoms. The van der Waals surface area contributed by atoms with Crippen molar-refractivity contribution in [2.24, 2.45) is 5.92 Å². The summed E-state index contributed by atoms with van der Waals surface area (Å²) < 4.78 is 37.4. The van der Waals surface area contributed by atoms with Crippen molar-refractivity contribution in [1.29, 1.82) is 0 Å². The normalized spacial score (nSPS) is 11.9. The molecule has 0 aliphatic heterocycles. The molecule has 20 heavy (non-hydrogen) atoms. The third kappa shape index (κ3) is 3.53. The largest absolute Gasteiger partial charge is 0.416 e. The third-order valence-electron chi connectivity index (χ3n) is 2.79. The summed E-state index contributed by atoms with van der Waals surface area (Å²) in [6.45, 7) is 4.95. The summed E-state index contributed by atoms with van der Waals surface area (Å²) in [5, 5.41) is 10.0. The Morgan fingerprint density at radius 2 is 1.85 bits per heavy atom. The quantitative estimate of drug-likeness (QED) is 0.884. The summed E-state index contributed by atoms with van der Waals surface area (Å²) in [4.78, 5) is 0. The number of aromatic nitrogens is 2. The molecule has 0 unspecified atom stereocenters. The van der Waals surface area contributed by atoms with Gasteiger partial charge in [-0.05, 0) is 23.6 Å². The molecule has 3 nitrogen and oxygen atoms in total. The highest BCUT2D eigenvalue weighted by Crippen LogP contribution is 2.30. The topological polar surface area (TPSA) is 40.7 Å². The second-order valence-electron chi connectivity index (χ2n) is 5.02. The van der Waals surface area contributed by atoms with E-state index in [4.69, 9.17) is 0 Å².